The second-order valence-electron chi connectivity index (χ2n) is 6.12. The Morgan fingerprint density at radius 3 is 2.24 bits per heavy atom. The Balaban J connectivity index is 1.98. The summed E-state index contributed by atoms with van der Waals surface area (Å²) < 4.78 is 68.9. The SMILES string of the molecule is O=C(CN1C(=O)NC(c2ccc(Br)cc2)(C(F)(F)F)C1=O)c1ccc(F)cc1F. The number of urea groups is 1. The number of amides is 3. The van der Waals surface area contributed by atoms with Crippen LogP contribution >= 0.6 is 15.9 Å². The number of ketones is 1. The number of imide groups is 1. The van der Waals surface area contributed by atoms with Crippen LogP contribution in [0.1, 0.15) is 15.9 Å². The van der Waals surface area contributed by atoms with Crippen LogP contribution in [0.15, 0.2) is 46.9 Å². The van der Waals surface area contributed by atoms with Crippen LogP contribution in [0.4, 0.5) is 26.7 Å². The number of nitrogens with zero attached hydrogens (tertiary/aromatic N) is 1. The molecule has 2 aromatic rings. The quantitative estimate of drug-likeness (QED) is 0.413. The number of hydrogen-bond acceptors (Lipinski definition) is 3. The van der Waals surface area contributed by atoms with Crippen LogP contribution in [-0.4, -0.2) is 35.3 Å². The van der Waals surface area contributed by atoms with Gasteiger partial charge in [-0.05, 0) is 29.8 Å². The first-order valence-electron chi connectivity index (χ1n) is 7.92. The summed E-state index contributed by atoms with van der Waals surface area (Å²) in [5.74, 6) is -5.13. The summed E-state index contributed by atoms with van der Waals surface area (Å²) in [4.78, 5) is 37.2. The van der Waals surface area contributed by atoms with Gasteiger partial charge in [-0.25, -0.2) is 13.6 Å². The zero-order valence-electron chi connectivity index (χ0n) is 14.2. The van der Waals surface area contributed by atoms with Gasteiger partial charge in [-0.2, -0.15) is 13.2 Å². The van der Waals surface area contributed by atoms with Gasteiger partial charge in [0.15, 0.2) is 5.78 Å². The molecule has 0 aromatic heterocycles. The number of hydrogen-bond donors (Lipinski definition) is 1. The van der Waals surface area contributed by atoms with Crippen LogP contribution in [0, 0.1) is 11.6 Å². The van der Waals surface area contributed by atoms with Crippen molar-refractivity contribution < 1.29 is 36.3 Å². The van der Waals surface area contributed by atoms with E-state index in [4.69, 9.17) is 0 Å². The molecule has 3 rings (SSSR count). The van der Waals surface area contributed by atoms with Gasteiger partial charge in [0, 0.05) is 10.5 Å². The van der Waals surface area contributed by atoms with Crippen molar-refractivity contribution in [2.24, 2.45) is 0 Å². The van der Waals surface area contributed by atoms with E-state index in [0.29, 0.717) is 10.5 Å². The van der Waals surface area contributed by atoms with E-state index in [1.807, 2.05) is 0 Å². The van der Waals surface area contributed by atoms with Gasteiger partial charge in [-0.3, -0.25) is 14.5 Å². The third-order valence-electron chi connectivity index (χ3n) is 4.34. The Hall–Kier alpha value is -2.82. The van der Waals surface area contributed by atoms with Gasteiger partial charge in [0.2, 0.25) is 5.54 Å². The first-order chi connectivity index (χ1) is 13.5. The summed E-state index contributed by atoms with van der Waals surface area (Å²) in [6, 6.07) is 4.99. The van der Waals surface area contributed by atoms with Crippen LogP contribution in [0.5, 0.6) is 0 Å². The van der Waals surface area contributed by atoms with Gasteiger partial charge >= 0.3 is 12.2 Å². The maximum atomic E-state index is 13.9. The maximum Gasteiger partial charge on any atom is 0.425 e. The van der Waals surface area contributed by atoms with E-state index in [-0.39, 0.29) is 4.90 Å². The van der Waals surface area contributed by atoms with E-state index in [2.05, 4.69) is 15.9 Å². The summed E-state index contributed by atoms with van der Waals surface area (Å²) in [6.07, 6.45) is -5.23. The normalized spacial score (nSPS) is 19.4. The summed E-state index contributed by atoms with van der Waals surface area (Å²) >= 11 is 3.06. The van der Waals surface area contributed by atoms with Crippen LogP contribution in [0.2, 0.25) is 0 Å². The number of benzene rings is 2. The molecule has 1 saturated heterocycles. The highest BCUT2D eigenvalue weighted by molar-refractivity contribution is 9.10. The molecule has 11 heteroatoms. The van der Waals surface area contributed by atoms with Crippen molar-refractivity contribution in [1.82, 2.24) is 10.2 Å². The largest absolute Gasteiger partial charge is 0.425 e. The minimum absolute atomic E-state index is 0.0562. The van der Waals surface area contributed by atoms with Crippen molar-refractivity contribution in [3.05, 3.63) is 69.7 Å². The van der Waals surface area contributed by atoms with Gasteiger partial charge in [0.05, 0.1) is 12.1 Å². The number of halogens is 6. The highest BCUT2D eigenvalue weighted by atomic mass is 79.9. The molecular weight excluding hydrogens is 467 g/mol. The van der Waals surface area contributed by atoms with Crippen molar-refractivity contribution in [3.63, 3.8) is 0 Å². The second-order valence-corrected chi connectivity index (χ2v) is 7.04. The average Bonchev–Trinajstić information content (AvgIpc) is 2.87. The molecule has 1 aliphatic rings. The summed E-state index contributed by atoms with van der Waals surface area (Å²) in [5.41, 5.74) is -4.62. The number of Topliss-reactive ketones (excluding diaryl/α,β-unsaturated/α-hetero) is 1. The van der Waals surface area contributed by atoms with E-state index >= 15 is 0 Å². The molecule has 1 fully saturated rings. The average molecular weight is 477 g/mol. The third kappa shape index (κ3) is 3.50. The van der Waals surface area contributed by atoms with Gasteiger partial charge in [0.25, 0.3) is 5.91 Å². The summed E-state index contributed by atoms with van der Waals surface area (Å²) in [6.45, 7) is -1.15. The predicted octanol–water partition coefficient (Wildman–Crippen LogP) is 3.92. The number of nitrogens with one attached hydrogen (secondary N) is 1. The fourth-order valence-electron chi connectivity index (χ4n) is 2.92. The highest BCUT2D eigenvalue weighted by Crippen LogP contribution is 2.43. The standard InChI is InChI=1S/C18H10BrF5N2O3/c19-10-3-1-9(2-4-10)17(18(22,23)24)15(28)26(16(29)25-17)8-14(27)12-6-5-11(20)7-13(12)21/h1-7H,8H2,(H,25,29). The Labute approximate surface area is 168 Å². The van der Waals surface area contributed by atoms with Crippen molar-refractivity contribution in [1.29, 1.82) is 0 Å². The molecule has 2 aromatic carbocycles. The zero-order chi connectivity index (χ0) is 21.6. The Bertz CT molecular complexity index is 1010. The lowest BCUT2D eigenvalue weighted by Crippen LogP contribution is -2.55. The van der Waals surface area contributed by atoms with E-state index in [9.17, 15) is 36.3 Å². The molecule has 0 radical (unpaired) electrons. The molecule has 0 spiro atoms. The van der Waals surface area contributed by atoms with Crippen LogP contribution < -0.4 is 5.32 Å². The topological polar surface area (TPSA) is 66.5 Å². The first-order valence-corrected chi connectivity index (χ1v) is 8.72. The summed E-state index contributed by atoms with van der Waals surface area (Å²) in [5, 5.41) is 1.61. The lowest BCUT2D eigenvalue weighted by atomic mass is 9.89. The van der Waals surface area contributed by atoms with Gasteiger partial charge in [-0.1, -0.05) is 28.1 Å². The van der Waals surface area contributed by atoms with E-state index in [1.165, 1.54) is 12.1 Å². The molecule has 1 unspecified atom stereocenters. The molecular formula is C18H10BrF5N2O3. The van der Waals surface area contributed by atoms with E-state index in [0.717, 1.165) is 24.3 Å². The smallest absolute Gasteiger partial charge is 0.312 e. The van der Waals surface area contributed by atoms with Crippen molar-refractivity contribution in [2.45, 2.75) is 11.7 Å². The highest BCUT2D eigenvalue weighted by Gasteiger charge is 2.68. The number of carbonyl (C=O) groups excluding carboxylic acids is 3. The van der Waals surface area contributed by atoms with E-state index in [1.54, 1.807) is 5.32 Å². The predicted molar refractivity (Wildman–Crippen MR) is 92.8 cm³/mol. The Kier molecular flexibility index (Phi) is 5.20. The monoisotopic (exact) mass is 476 g/mol. The van der Waals surface area contributed by atoms with Crippen LogP contribution in [-0.2, 0) is 10.3 Å². The van der Waals surface area contributed by atoms with Crippen molar-refractivity contribution in [2.75, 3.05) is 6.54 Å². The molecule has 0 aliphatic carbocycles. The molecule has 3 amide bonds. The van der Waals surface area contributed by atoms with Gasteiger partial charge in [0.1, 0.15) is 11.6 Å². The lowest BCUT2D eigenvalue weighted by molar-refractivity contribution is -0.198. The minimum atomic E-state index is -5.23. The van der Waals surface area contributed by atoms with Crippen LogP contribution in [0.3, 0.4) is 0 Å². The summed E-state index contributed by atoms with van der Waals surface area (Å²) in [7, 11) is 0. The molecule has 5 nitrogen and oxygen atoms in total. The molecule has 1 N–H and O–H groups in total. The first kappa shape index (κ1) is 20.9. The minimum Gasteiger partial charge on any atom is -0.312 e. The second kappa shape index (κ2) is 7.21. The molecule has 1 atom stereocenters. The molecule has 1 heterocycles. The Morgan fingerprint density at radius 1 is 1.07 bits per heavy atom. The molecule has 29 heavy (non-hydrogen) atoms. The van der Waals surface area contributed by atoms with E-state index < -0.39 is 58.7 Å². The lowest BCUT2D eigenvalue weighted by Gasteiger charge is -2.29. The fraction of sp³-hybridized carbons (Fsp3) is 0.167. The number of carbonyl (C=O) groups is 3. The molecule has 152 valence electrons. The fourth-order valence-corrected chi connectivity index (χ4v) is 3.18. The van der Waals surface area contributed by atoms with Gasteiger partial charge in [-0.15, -0.1) is 0 Å². The Morgan fingerprint density at radius 2 is 1.69 bits per heavy atom. The third-order valence-corrected chi connectivity index (χ3v) is 4.87. The van der Waals surface area contributed by atoms with Crippen LogP contribution in [0.25, 0.3) is 0 Å². The number of rotatable bonds is 4. The van der Waals surface area contributed by atoms with Gasteiger partial charge < -0.3 is 5.32 Å². The van der Waals surface area contributed by atoms with Crippen molar-refractivity contribution >= 4 is 33.7 Å². The molecule has 0 bridgehead atoms. The molecule has 0 saturated carbocycles. The van der Waals surface area contributed by atoms with Crippen molar-refractivity contribution in [3.8, 4) is 0 Å². The molecule has 1 aliphatic heterocycles. The zero-order valence-corrected chi connectivity index (χ0v) is 15.8. The number of alkyl halides is 3. The maximum absolute atomic E-state index is 13.9.